The minimum absolute atomic E-state index is 0.0187. The summed E-state index contributed by atoms with van der Waals surface area (Å²) in [7, 11) is 0. The average molecular weight is 427 g/mol. The van der Waals surface area contributed by atoms with E-state index in [1.54, 1.807) is 0 Å². The van der Waals surface area contributed by atoms with Crippen LogP contribution in [0, 0.1) is 5.41 Å². The molecule has 0 aliphatic heterocycles. The van der Waals surface area contributed by atoms with E-state index in [-0.39, 0.29) is 17.4 Å². The van der Waals surface area contributed by atoms with Crippen molar-refractivity contribution in [2.75, 3.05) is 13.2 Å². The van der Waals surface area contributed by atoms with Gasteiger partial charge in [0.1, 0.15) is 0 Å². The fraction of sp³-hybridized carbons (Fsp3) is 0.923. The molecule has 0 bridgehead atoms. The molecule has 0 saturated carbocycles. The van der Waals surface area contributed by atoms with E-state index in [1.165, 1.54) is 25.7 Å². The number of unbranched alkanes of at least 4 members (excludes halogenated alkanes) is 10. The molecule has 4 nitrogen and oxygen atoms in total. The maximum atomic E-state index is 12.6. The van der Waals surface area contributed by atoms with Gasteiger partial charge in [0.2, 0.25) is 0 Å². The molecule has 0 atom stereocenters. The summed E-state index contributed by atoms with van der Waals surface area (Å²) in [5, 5.41) is 0. The molecule has 0 rings (SSSR count). The third-order valence-corrected chi connectivity index (χ3v) is 6.31. The molecule has 0 aliphatic carbocycles. The third kappa shape index (κ3) is 14.0. The van der Waals surface area contributed by atoms with Crippen molar-refractivity contribution in [1.82, 2.24) is 0 Å². The predicted octanol–water partition coefficient (Wildman–Crippen LogP) is 7.77. The van der Waals surface area contributed by atoms with Gasteiger partial charge in [-0.15, -0.1) is 0 Å². The molecule has 30 heavy (non-hydrogen) atoms. The van der Waals surface area contributed by atoms with Crippen LogP contribution in [0.2, 0.25) is 0 Å². The van der Waals surface area contributed by atoms with Crippen LogP contribution in [0.15, 0.2) is 0 Å². The Morgan fingerprint density at radius 3 is 1.63 bits per heavy atom. The number of carbonyl (C=O) groups is 2. The Bertz CT molecular complexity index is 415. The van der Waals surface area contributed by atoms with E-state index in [0.717, 1.165) is 77.0 Å². The zero-order chi connectivity index (χ0) is 22.5. The summed E-state index contributed by atoms with van der Waals surface area (Å²) < 4.78 is 10.8. The van der Waals surface area contributed by atoms with Gasteiger partial charge in [-0.25, -0.2) is 0 Å². The molecule has 0 fully saturated rings. The van der Waals surface area contributed by atoms with Crippen LogP contribution in [0.25, 0.3) is 0 Å². The van der Waals surface area contributed by atoms with Crippen LogP contribution >= 0.6 is 0 Å². The summed E-state index contributed by atoms with van der Waals surface area (Å²) >= 11 is 0. The van der Waals surface area contributed by atoms with E-state index in [1.807, 2.05) is 0 Å². The van der Waals surface area contributed by atoms with Crippen molar-refractivity contribution in [2.45, 2.75) is 137 Å². The minimum atomic E-state index is -0.288. The number of esters is 2. The molecule has 0 aromatic heterocycles. The molecule has 0 unspecified atom stereocenters. The fourth-order valence-electron chi connectivity index (χ4n) is 3.89. The Hall–Kier alpha value is -1.06. The molecule has 178 valence electrons. The molecular formula is C26H50O4. The zero-order valence-corrected chi connectivity index (χ0v) is 20.6. The van der Waals surface area contributed by atoms with Gasteiger partial charge >= 0.3 is 11.9 Å². The Kier molecular flexibility index (Phi) is 19.2. The predicted molar refractivity (Wildman–Crippen MR) is 126 cm³/mol. The molecule has 0 aromatic carbocycles. The van der Waals surface area contributed by atoms with Crippen molar-refractivity contribution in [3.63, 3.8) is 0 Å². The lowest BCUT2D eigenvalue weighted by molar-refractivity contribution is -0.157. The van der Waals surface area contributed by atoms with Crippen LogP contribution in [0.3, 0.4) is 0 Å². The minimum Gasteiger partial charge on any atom is -0.466 e. The standard InChI is InChI=1S/C26H50O4/c1-5-9-18-22-29-24(27)20-16-14-12-11-13-15-17-21-26(7-3,8-4)25(28)30-23-19-10-6-2/h5-23H2,1-4H3. The van der Waals surface area contributed by atoms with E-state index in [2.05, 4.69) is 27.7 Å². The molecule has 0 heterocycles. The number of carbonyl (C=O) groups excluding carboxylic acids is 2. The smallest absolute Gasteiger partial charge is 0.312 e. The van der Waals surface area contributed by atoms with Gasteiger partial charge in [0.15, 0.2) is 0 Å². The number of rotatable bonds is 21. The molecule has 0 spiro atoms. The third-order valence-electron chi connectivity index (χ3n) is 6.31. The SMILES string of the molecule is CCCCCOC(=O)CCCCCCCCCC(CC)(CC)C(=O)OCCCCC. The molecule has 0 radical (unpaired) electrons. The van der Waals surface area contributed by atoms with Crippen molar-refractivity contribution >= 4 is 11.9 Å². The van der Waals surface area contributed by atoms with Crippen LogP contribution in [0.1, 0.15) is 137 Å². The second-order valence-corrected chi connectivity index (χ2v) is 8.73. The second kappa shape index (κ2) is 19.9. The first-order chi connectivity index (χ1) is 14.6. The van der Waals surface area contributed by atoms with Gasteiger partial charge < -0.3 is 9.47 Å². The Balaban J connectivity index is 3.80. The van der Waals surface area contributed by atoms with Crippen LogP contribution in [0.4, 0.5) is 0 Å². The summed E-state index contributed by atoms with van der Waals surface area (Å²) in [5.41, 5.74) is -0.288. The average Bonchev–Trinajstić information content (AvgIpc) is 2.76. The first-order valence-electron chi connectivity index (χ1n) is 12.9. The number of hydrogen-bond acceptors (Lipinski definition) is 4. The van der Waals surface area contributed by atoms with Gasteiger partial charge in [0.25, 0.3) is 0 Å². The van der Waals surface area contributed by atoms with Gasteiger partial charge in [-0.3, -0.25) is 9.59 Å². The van der Waals surface area contributed by atoms with Gasteiger partial charge in [0.05, 0.1) is 18.6 Å². The lowest BCUT2D eigenvalue weighted by atomic mass is 9.77. The van der Waals surface area contributed by atoms with Gasteiger partial charge in [-0.1, -0.05) is 91.9 Å². The van der Waals surface area contributed by atoms with Crippen LogP contribution in [-0.2, 0) is 19.1 Å². The van der Waals surface area contributed by atoms with Gasteiger partial charge in [0, 0.05) is 6.42 Å². The summed E-state index contributed by atoms with van der Waals surface area (Å²) in [6, 6.07) is 0. The summed E-state index contributed by atoms with van der Waals surface area (Å²) in [6.07, 6.45) is 17.6. The van der Waals surface area contributed by atoms with Crippen LogP contribution < -0.4 is 0 Å². The lowest BCUT2D eigenvalue weighted by Crippen LogP contribution is -2.32. The zero-order valence-electron chi connectivity index (χ0n) is 20.6. The maximum absolute atomic E-state index is 12.6. The summed E-state index contributed by atoms with van der Waals surface area (Å²) in [6.45, 7) is 9.69. The molecule has 0 aliphatic rings. The first kappa shape index (κ1) is 28.9. The van der Waals surface area contributed by atoms with Crippen LogP contribution in [-0.4, -0.2) is 25.2 Å². The Labute approximate surface area is 186 Å². The highest BCUT2D eigenvalue weighted by Crippen LogP contribution is 2.34. The van der Waals surface area contributed by atoms with Crippen molar-refractivity contribution in [2.24, 2.45) is 5.41 Å². The van der Waals surface area contributed by atoms with Crippen molar-refractivity contribution in [3.8, 4) is 0 Å². The van der Waals surface area contributed by atoms with Gasteiger partial charge in [-0.2, -0.15) is 0 Å². The quantitative estimate of drug-likeness (QED) is 0.139. The molecule has 4 heteroatoms. The van der Waals surface area contributed by atoms with E-state index in [0.29, 0.717) is 19.6 Å². The largest absolute Gasteiger partial charge is 0.466 e. The van der Waals surface area contributed by atoms with E-state index < -0.39 is 0 Å². The topological polar surface area (TPSA) is 52.6 Å². The molecular weight excluding hydrogens is 376 g/mol. The highest BCUT2D eigenvalue weighted by molar-refractivity contribution is 5.76. The normalized spacial score (nSPS) is 11.5. The van der Waals surface area contributed by atoms with Crippen molar-refractivity contribution in [3.05, 3.63) is 0 Å². The molecule has 0 saturated heterocycles. The first-order valence-corrected chi connectivity index (χ1v) is 12.9. The molecule has 0 N–H and O–H groups in total. The summed E-state index contributed by atoms with van der Waals surface area (Å²) in [4.78, 5) is 24.2. The summed E-state index contributed by atoms with van der Waals surface area (Å²) in [5.74, 6) is -0.0201. The van der Waals surface area contributed by atoms with Crippen LogP contribution in [0.5, 0.6) is 0 Å². The van der Waals surface area contributed by atoms with E-state index >= 15 is 0 Å². The van der Waals surface area contributed by atoms with Gasteiger partial charge in [-0.05, 0) is 38.5 Å². The number of ether oxygens (including phenoxy) is 2. The maximum Gasteiger partial charge on any atom is 0.312 e. The highest BCUT2D eigenvalue weighted by Gasteiger charge is 2.35. The van der Waals surface area contributed by atoms with Crippen molar-refractivity contribution in [1.29, 1.82) is 0 Å². The molecule has 0 amide bonds. The van der Waals surface area contributed by atoms with Crippen molar-refractivity contribution < 1.29 is 19.1 Å². The molecule has 0 aromatic rings. The monoisotopic (exact) mass is 426 g/mol. The fourth-order valence-corrected chi connectivity index (χ4v) is 3.89. The highest BCUT2D eigenvalue weighted by atomic mass is 16.5. The number of hydrogen-bond donors (Lipinski definition) is 0. The van der Waals surface area contributed by atoms with E-state index in [4.69, 9.17) is 9.47 Å². The second-order valence-electron chi connectivity index (χ2n) is 8.73. The Morgan fingerprint density at radius 2 is 1.10 bits per heavy atom. The lowest BCUT2D eigenvalue weighted by Gasteiger charge is -2.29. The van der Waals surface area contributed by atoms with E-state index in [9.17, 15) is 9.59 Å². The Morgan fingerprint density at radius 1 is 0.600 bits per heavy atom.